The maximum atomic E-state index is 7.05. The summed E-state index contributed by atoms with van der Waals surface area (Å²) in [5.74, 6) is 0.755. The molecule has 0 fully saturated rings. The molecule has 0 amide bonds. The van der Waals surface area contributed by atoms with Gasteiger partial charge >= 0.3 is 0 Å². The van der Waals surface area contributed by atoms with Crippen molar-refractivity contribution in [1.82, 2.24) is 0 Å². The highest BCUT2D eigenvalue weighted by molar-refractivity contribution is 14.0. The van der Waals surface area contributed by atoms with Gasteiger partial charge in [-0.15, -0.1) is 24.0 Å². The average molecular weight is 482 g/mol. The van der Waals surface area contributed by atoms with Crippen LogP contribution < -0.4 is 5.73 Å². The zero-order valence-corrected chi connectivity index (χ0v) is 21.1. The van der Waals surface area contributed by atoms with Crippen molar-refractivity contribution in [3.05, 3.63) is 0 Å². The third-order valence-corrected chi connectivity index (χ3v) is 6.12. The number of hydrogen-bond acceptors (Lipinski definition) is 1. The summed E-state index contributed by atoms with van der Waals surface area (Å²) >= 11 is 0. The van der Waals surface area contributed by atoms with Crippen LogP contribution in [0.2, 0.25) is 0 Å². The average Bonchev–Trinajstić information content (AvgIpc) is 2.62. The van der Waals surface area contributed by atoms with Crippen molar-refractivity contribution in [3.63, 3.8) is 0 Å². The number of rotatable bonds is 19. The van der Waals surface area contributed by atoms with Crippen LogP contribution in [0.3, 0.4) is 0 Å². The highest BCUT2D eigenvalue weighted by Gasteiger charge is 2.32. The Bertz CT molecular complexity index is 259. The summed E-state index contributed by atoms with van der Waals surface area (Å²) in [7, 11) is 0. The van der Waals surface area contributed by atoms with Gasteiger partial charge in [-0.25, -0.2) is 0 Å². The molecule has 1 nitrogen and oxygen atoms in total. The van der Waals surface area contributed by atoms with Gasteiger partial charge in [0.1, 0.15) is 0 Å². The van der Waals surface area contributed by atoms with Gasteiger partial charge in [-0.1, -0.05) is 118 Å². The van der Waals surface area contributed by atoms with Crippen molar-refractivity contribution in [3.8, 4) is 0 Å². The number of nitrogens with two attached hydrogens (primary N) is 1. The van der Waals surface area contributed by atoms with Gasteiger partial charge in [-0.2, -0.15) is 0 Å². The molecule has 0 aliphatic rings. The highest BCUT2D eigenvalue weighted by Crippen LogP contribution is 2.34. The molecule has 1 unspecified atom stereocenters. The lowest BCUT2D eigenvalue weighted by Gasteiger charge is -2.39. The Hall–Kier alpha value is 0.690. The van der Waals surface area contributed by atoms with E-state index in [2.05, 4.69) is 27.7 Å². The molecule has 2 heteroatoms. The van der Waals surface area contributed by atoms with E-state index >= 15 is 0 Å². The largest absolute Gasteiger partial charge is 0.325 e. The summed E-state index contributed by atoms with van der Waals surface area (Å²) in [5, 5.41) is 0. The van der Waals surface area contributed by atoms with E-state index in [4.69, 9.17) is 5.73 Å². The number of halogens is 1. The van der Waals surface area contributed by atoms with E-state index in [-0.39, 0.29) is 29.5 Å². The molecule has 0 heterocycles. The highest BCUT2D eigenvalue weighted by atomic mass is 127. The topological polar surface area (TPSA) is 26.0 Å². The molecule has 160 valence electrons. The lowest BCUT2D eigenvalue weighted by Crippen LogP contribution is -2.47. The van der Waals surface area contributed by atoms with Crippen molar-refractivity contribution >= 4 is 24.0 Å². The van der Waals surface area contributed by atoms with Gasteiger partial charge in [-0.3, -0.25) is 0 Å². The van der Waals surface area contributed by atoms with Crippen LogP contribution in [0.15, 0.2) is 0 Å². The quantitative estimate of drug-likeness (QED) is 0.145. The fourth-order valence-corrected chi connectivity index (χ4v) is 4.24. The molecule has 0 aromatic rings. The first-order valence-corrected chi connectivity index (χ1v) is 11.9. The molecular formula is C24H52IN. The first-order valence-electron chi connectivity index (χ1n) is 11.9. The summed E-state index contributed by atoms with van der Waals surface area (Å²) < 4.78 is 0. The molecular weight excluding hydrogens is 429 g/mol. The van der Waals surface area contributed by atoms with Crippen molar-refractivity contribution in [2.24, 2.45) is 11.7 Å². The lowest BCUT2D eigenvalue weighted by atomic mass is 9.72. The van der Waals surface area contributed by atoms with E-state index in [0.29, 0.717) is 0 Å². The third-order valence-electron chi connectivity index (χ3n) is 6.12. The van der Waals surface area contributed by atoms with Crippen LogP contribution in [0.5, 0.6) is 0 Å². The monoisotopic (exact) mass is 481 g/mol. The predicted octanol–water partition coefficient (Wildman–Crippen LogP) is 9.02. The van der Waals surface area contributed by atoms with Crippen LogP contribution in [0.4, 0.5) is 0 Å². The van der Waals surface area contributed by atoms with Gasteiger partial charge in [0.25, 0.3) is 0 Å². The molecule has 0 radical (unpaired) electrons. The summed E-state index contributed by atoms with van der Waals surface area (Å²) in [6, 6.07) is 0. The molecule has 0 aliphatic heterocycles. The van der Waals surface area contributed by atoms with Gasteiger partial charge in [0.2, 0.25) is 0 Å². The van der Waals surface area contributed by atoms with E-state index < -0.39 is 0 Å². The van der Waals surface area contributed by atoms with Gasteiger partial charge in [0.15, 0.2) is 0 Å². The molecule has 2 N–H and O–H groups in total. The summed E-state index contributed by atoms with van der Waals surface area (Å²) in [5.41, 5.74) is 7.16. The van der Waals surface area contributed by atoms with Crippen molar-refractivity contribution in [2.45, 2.75) is 149 Å². The Balaban J connectivity index is 0. The second-order valence-electron chi connectivity index (χ2n) is 8.54. The zero-order chi connectivity index (χ0) is 18.8. The van der Waals surface area contributed by atoms with E-state index in [9.17, 15) is 0 Å². The van der Waals surface area contributed by atoms with E-state index in [1.807, 2.05) is 0 Å². The first kappa shape index (κ1) is 28.9. The fraction of sp³-hybridized carbons (Fsp3) is 1.00. The van der Waals surface area contributed by atoms with Gasteiger partial charge in [0, 0.05) is 5.54 Å². The van der Waals surface area contributed by atoms with Crippen LogP contribution in [-0.2, 0) is 0 Å². The molecule has 0 saturated heterocycles. The first-order chi connectivity index (χ1) is 12.1. The van der Waals surface area contributed by atoms with Crippen molar-refractivity contribution < 1.29 is 0 Å². The van der Waals surface area contributed by atoms with E-state index in [1.54, 1.807) is 0 Å². The fourth-order valence-electron chi connectivity index (χ4n) is 4.24. The van der Waals surface area contributed by atoms with Gasteiger partial charge in [0.05, 0.1) is 0 Å². The minimum atomic E-state index is 0. The summed E-state index contributed by atoms with van der Waals surface area (Å²) in [6.45, 7) is 9.23. The Labute approximate surface area is 184 Å². The molecule has 0 bridgehead atoms. The van der Waals surface area contributed by atoms with Gasteiger partial charge in [-0.05, 0) is 31.6 Å². The van der Waals surface area contributed by atoms with Crippen molar-refractivity contribution in [1.29, 1.82) is 0 Å². The normalized spacial score (nSPS) is 12.8. The summed E-state index contributed by atoms with van der Waals surface area (Å²) in [6.07, 6.45) is 24.4. The smallest absolute Gasteiger partial charge is 0.0182 e. The lowest BCUT2D eigenvalue weighted by molar-refractivity contribution is 0.193. The zero-order valence-electron chi connectivity index (χ0n) is 18.8. The van der Waals surface area contributed by atoms with E-state index in [0.717, 1.165) is 5.92 Å². The molecule has 0 saturated carbocycles. The minimum absolute atomic E-state index is 0. The predicted molar refractivity (Wildman–Crippen MR) is 132 cm³/mol. The minimum Gasteiger partial charge on any atom is -0.325 e. The molecule has 0 spiro atoms. The maximum Gasteiger partial charge on any atom is 0.0182 e. The van der Waals surface area contributed by atoms with Crippen LogP contribution >= 0.6 is 24.0 Å². The standard InChI is InChI=1S/C24H51N.HI/c1-5-9-13-14-15-16-17-18-20-23(19-10-6-2)24(25,21-11-7-3)22-12-8-4;/h23H,5-22,25H2,1-4H3;1H. The maximum absolute atomic E-state index is 7.05. The van der Waals surface area contributed by atoms with Crippen molar-refractivity contribution in [2.75, 3.05) is 0 Å². The van der Waals surface area contributed by atoms with Crippen LogP contribution in [0.1, 0.15) is 143 Å². The Kier molecular flexibility index (Phi) is 22.7. The molecule has 0 rings (SSSR count). The Morgan fingerprint density at radius 1 is 0.538 bits per heavy atom. The Morgan fingerprint density at radius 3 is 1.38 bits per heavy atom. The summed E-state index contributed by atoms with van der Waals surface area (Å²) in [4.78, 5) is 0. The second-order valence-corrected chi connectivity index (χ2v) is 8.54. The van der Waals surface area contributed by atoms with Crippen LogP contribution in [0, 0.1) is 5.92 Å². The second kappa shape index (κ2) is 20.4. The van der Waals surface area contributed by atoms with Crippen LogP contribution in [0.25, 0.3) is 0 Å². The molecule has 1 atom stereocenters. The molecule has 26 heavy (non-hydrogen) atoms. The molecule has 0 aliphatic carbocycles. The molecule has 0 aromatic heterocycles. The number of unbranched alkanes of at least 4 members (excludes halogenated alkanes) is 10. The Morgan fingerprint density at radius 2 is 0.923 bits per heavy atom. The van der Waals surface area contributed by atoms with Crippen LogP contribution in [-0.4, -0.2) is 5.54 Å². The van der Waals surface area contributed by atoms with E-state index in [1.165, 1.54) is 116 Å². The SMILES string of the molecule is CCCCCCCCCCC(CCCC)C(N)(CCCC)CCCC.I. The number of hydrogen-bond donors (Lipinski definition) is 1. The third kappa shape index (κ3) is 14.7. The molecule has 0 aromatic carbocycles. The van der Waals surface area contributed by atoms with Gasteiger partial charge < -0.3 is 5.73 Å².